The number of aromatic carboxylic acids is 1. The quantitative estimate of drug-likeness (QED) is 0.736. The van der Waals surface area contributed by atoms with Gasteiger partial charge in [-0.05, 0) is 19.1 Å². The molecule has 0 atom stereocenters. The maximum absolute atomic E-state index is 13.6. The average molecular weight is 268 g/mol. The number of nitrogens with zero attached hydrogens (tertiary/aromatic N) is 2. The van der Waals surface area contributed by atoms with Gasteiger partial charge in [-0.1, -0.05) is 0 Å². The molecule has 0 saturated carbocycles. The fourth-order valence-corrected chi connectivity index (χ4v) is 1.92. The number of nitrogens with two attached hydrogens (primary N) is 1. The summed E-state index contributed by atoms with van der Waals surface area (Å²) in [4.78, 5) is 14.9. The Morgan fingerprint density at radius 2 is 2.28 bits per heavy atom. The van der Waals surface area contributed by atoms with E-state index in [0.717, 1.165) is 23.7 Å². The summed E-state index contributed by atoms with van der Waals surface area (Å²) in [5.74, 6) is -1.31. The normalized spacial score (nSPS) is 10.3. The van der Waals surface area contributed by atoms with Gasteiger partial charge in [-0.15, -0.1) is 0 Å². The minimum absolute atomic E-state index is 0.00208. The summed E-state index contributed by atoms with van der Waals surface area (Å²) >= 11 is 1.05. The Labute approximate surface area is 105 Å². The van der Waals surface area contributed by atoms with Gasteiger partial charge in [-0.3, -0.25) is 0 Å². The number of halogens is 1. The third-order valence-corrected chi connectivity index (χ3v) is 2.86. The Morgan fingerprint density at radius 3 is 2.83 bits per heavy atom. The number of carbonyl (C=O) groups is 1. The van der Waals surface area contributed by atoms with Crippen LogP contribution in [0.5, 0.6) is 0 Å². The van der Waals surface area contributed by atoms with Gasteiger partial charge >= 0.3 is 5.97 Å². The number of rotatable bonds is 3. The highest BCUT2D eigenvalue weighted by atomic mass is 32.1. The molecule has 1 aromatic heterocycles. The van der Waals surface area contributed by atoms with Crippen molar-refractivity contribution >= 4 is 34.0 Å². The van der Waals surface area contributed by atoms with Crippen molar-refractivity contribution in [2.45, 2.75) is 6.92 Å². The van der Waals surface area contributed by atoms with Gasteiger partial charge in [0.1, 0.15) is 11.6 Å². The Morgan fingerprint density at radius 1 is 1.56 bits per heavy atom. The third-order valence-electron chi connectivity index (χ3n) is 2.14. The maximum Gasteiger partial charge on any atom is 0.337 e. The lowest BCUT2D eigenvalue weighted by atomic mass is 10.1. The first-order valence-corrected chi connectivity index (χ1v) is 5.64. The predicted octanol–water partition coefficient (Wildman–Crippen LogP) is 2.01. The van der Waals surface area contributed by atoms with Crippen LogP contribution in [-0.4, -0.2) is 20.4 Å². The van der Waals surface area contributed by atoms with E-state index >= 15 is 0 Å². The van der Waals surface area contributed by atoms with Gasteiger partial charge < -0.3 is 16.2 Å². The van der Waals surface area contributed by atoms with E-state index in [9.17, 15) is 9.18 Å². The van der Waals surface area contributed by atoms with Crippen LogP contribution in [0.25, 0.3) is 0 Å². The molecule has 0 unspecified atom stereocenters. The van der Waals surface area contributed by atoms with Crippen molar-refractivity contribution in [3.05, 3.63) is 29.3 Å². The molecule has 1 heterocycles. The SMILES string of the molecule is Cc1nsc(Nc2cc(C(=O)O)c(N)cc2F)n1. The van der Waals surface area contributed by atoms with Gasteiger partial charge in [0.05, 0.1) is 11.3 Å². The summed E-state index contributed by atoms with van der Waals surface area (Å²) < 4.78 is 17.5. The summed E-state index contributed by atoms with van der Waals surface area (Å²) in [5.41, 5.74) is 5.12. The molecule has 0 radical (unpaired) electrons. The molecule has 0 saturated heterocycles. The minimum Gasteiger partial charge on any atom is -0.478 e. The number of nitrogens with one attached hydrogen (secondary N) is 1. The molecule has 94 valence electrons. The molecule has 2 aromatic rings. The molecule has 0 fully saturated rings. The number of aromatic nitrogens is 2. The number of nitrogen functional groups attached to an aromatic ring is 1. The monoisotopic (exact) mass is 268 g/mol. The molecule has 0 aliphatic rings. The van der Waals surface area contributed by atoms with Gasteiger partial charge in [-0.25, -0.2) is 14.2 Å². The molecule has 4 N–H and O–H groups in total. The smallest absolute Gasteiger partial charge is 0.337 e. The highest BCUT2D eigenvalue weighted by molar-refractivity contribution is 7.09. The van der Waals surface area contributed by atoms with Crippen LogP contribution in [-0.2, 0) is 0 Å². The van der Waals surface area contributed by atoms with Crippen molar-refractivity contribution in [3.63, 3.8) is 0 Å². The molecule has 2 rings (SSSR count). The number of hydrogen-bond donors (Lipinski definition) is 3. The highest BCUT2D eigenvalue weighted by Crippen LogP contribution is 2.26. The number of anilines is 3. The summed E-state index contributed by atoms with van der Waals surface area (Å²) in [6.07, 6.45) is 0. The zero-order valence-electron chi connectivity index (χ0n) is 9.27. The zero-order valence-corrected chi connectivity index (χ0v) is 10.1. The van der Waals surface area contributed by atoms with Crippen molar-refractivity contribution in [3.8, 4) is 0 Å². The summed E-state index contributed by atoms with van der Waals surface area (Å²) in [5, 5.41) is 11.9. The largest absolute Gasteiger partial charge is 0.478 e. The molecular weight excluding hydrogens is 259 g/mol. The first-order valence-electron chi connectivity index (χ1n) is 4.87. The van der Waals surface area contributed by atoms with Gasteiger partial charge in [0.25, 0.3) is 0 Å². The summed E-state index contributed by atoms with van der Waals surface area (Å²) in [7, 11) is 0. The Balaban J connectivity index is 2.38. The van der Waals surface area contributed by atoms with E-state index in [1.165, 1.54) is 0 Å². The molecule has 0 aliphatic carbocycles. The second-order valence-electron chi connectivity index (χ2n) is 3.50. The Hall–Kier alpha value is -2.22. The van der Waals surface area contributed by atoms with Gasteiger partial charge in [-0.2, -0.15) is 4.37 Å². The van der Waals surface area contributed by atoms with Crippen LogP contribution >= 0.6 is 11.5 Å². The van der Waals surface area contributed by atoms with Crippen LogP contribution < -0.4 is 11.1 Å². The molecule has 8 heteroatoms. The third kappa shape index (κ3) is 2.38. The predicted molar refractivity (Wildman–Crippen MR) is 65.7 cm³/mol. The molecule has 0 aliphatic heterocycles. The van der Waals surface area contributed by atoms with Crippen LogP contribution in [0.4, 0.5) is 20.9 Å². The summed E-state index contributed by atoms with van der Waals surface area (Å²) in [6.45, 7) is 1.70. The van der Waals surface area contributed by atoms with Crippen LogP contribution in [0.1, 0.15) is 16.2 Å². The molecule has 0 spiro atoms. The van der Waals surface area contributed by atoms with E-state index in [1.807, 2.05) is 0 Å². The number of hydrogen-bond acceptors (Lipinski definition) is 6. The highest BCUT2D eigenvalue weighted by Gasteiger charge is 2.14. The van der Waals surface area contributed by atoms with Crippen LogP contribution in [0, 0.1) is 12.7 Å². The molecule has 0 amide bonds. The van der Waals surface area contributed by atoms with E-state index in [4.69, 9.17) is 10.8 Å². The first-order chi connectivity index (χ1) is 8.47. The Kier molecular flexibility index (Phi) is 3.11. The standard InChI is InChI=1S/C10H9FN4O2S/c1-4-13-10(18-15-4)14-8-2-5(9(16)17)7(12)3-6(8)11/h2-3H,12H2,1H3,(H,16,17)(H,13,14,15). The summed E-state index contributed by atoms with van der Waals surface area (Å²) in [6, 6.07) is 2.09. The van der Waals surface area contributed by atoms with Crippen molar-refractivity contribution in [2.75, 3.05) is 11.1 Å². The fourth-order valence-electron chi connectivity index (χ4n) is 1.33. The lowest BCUT2D eigenvalue weighted by Crippen LogP contribution is -2.05. The van der Waals surface area contributed by atoms with Crippen molar-refractivity contribution in [1.29, 1.82) is 0 Å². The average Bonchev–Trinajstić information content (AvgIpc) is 2.67. The fraction of sp³-hybridized carbons (Fsp3) is 0.100. The number of carboxylic acid groups (broad SMARTS) is 1. The zero-order chi connectivity index (χ0) is 13.3. The topological polar surface area (TPSA) is 101 Å². The van der Waals surface area contributed by atoms with E-state index in [-0.39, 0.29) is 16.9 Å². The number of benzene rings is 1. The van der Waals surface area contributed by atoms with Crippen LogP contribution in [0.15, 0.2) is 12.1 Å². The van der Waals surface area contributed by atoms with Crippen LogP contribution in [0.2, 0.25) is 0 Å². The van der Waals surface area contributed by atoms with E-state index in [0.29, 0.717) is 11.0 Å². The molecular formula is C10H9FN4O2S. The lowest BCUT2D eigenvalue weighted by Gasteiger charge is -2.07. The van der Waals surface area contributed by atoms with E-state index in [2.05, 4.69) is 14.7 Å². The molecule has 1 aromatic carbocycles. The first kappa shape index (κ1) is 12.2. The van der Waals surface area contributed by atoms with E-state index in [1.54, 1.807) is 6.92 Å². The van der Waals surface area contributed by atoms with Gasteiger partial charge in [0.2, 0.25) is 5.13 Å². The second kappa shape index (κ2) is 4.57. The van der Waals surface area contributed by atoms with Gasteiger partial charge in [0, 0.05) is 17.2 Å². The van der Waals surface area contributed by atoms with Crippen molar-refractivity contribution in [1.82, 2.24) is 9.36 Å². The van der Waals surface area contributed by atoms with Gasteiger partial charge in [0.15, 0.2) is 0 Å². The number of aryl methyl sites for hydroxylation is 1. The lowest BCUT2D eigenvalue weighted by molar-refractivity contribution is 0.0698. The molecule has 6 nitrogen and oxygen atoms in total. The minimum atomic E-state index is -1.22. The van der Waals surface area contributed by atoms with Crippen molar-refractivity contribution in [2.24, 2.45) is 0 Å². The van der Waals surface area contributed by atoms with E-state index < -0.39 is 11.8 Å². The Bertz CT molecular complexity index is 614. The van der Waals surface area contributed by atoms with Crippen LogP contribution in [0.3, 0.4) is 0 Å². The maximum atomic E-state index is 13.6. The molecule has 0 bridgehead atoms. The second-order valence-corrected chi connectivity index (χ2v) is 4.25. The number of carboxylic acids is 1. The van der Waals surface area contributed by atoms with Crippen molar-refractivity contribution < 1.29 is 14.3 Å². The molecule has 18 heavy (non-hydrogen) atoms.